The van der Waals surface area contributed by atoms with E-state index in [2.05, 4.69) is 16.5 Å². The monoisotopic (exact) mass is 209 g/mol. The summed E-state index contributed by atoms with van der Waals surface area (Å²) in [4.78, 5) is 4.15. The Kier molecular flexibility index (Phi) is 3.79. The molecule has 3 N–H and O–H groups in total. The molecular weight excluding hydrogens is 190 g/mol. The van der Waals surface area contributed by atoms with Crippen molar-refractivity contribution in [2.45, 2.75) is 32.4 Å². The molecule has 15 heavy (non-hydrogen) atoms. The molecule has 1 rings (SSSR count). The van der Waals surface area contributed by atoms with Crippen LogP contribution in [0.5, 0.6) is 0 Å². The first-order chi connectivity index (χ1) is 7.01. The second-order valence-corrected chi connectivity index (χ2v) is 4.20. The first-order valence-corrected chi connectivity index (χ1v) is 4.94. The van der Waals surface area contributed by atoms with E-state index in [1.165, 1.54) is 0 Å². The summed E-state index contributed by atoms with van der Waals surface area (Å²) in [6.07, 6.45) is 3.62. The quantitative estimate of drug-likeness (QED) is 0.580. The average Bonchev–Trinajstić information content (AvgIpc) is 2.18. The lowest BCUT2D eigenvalue weighted by Crippen LogP contribution is -2.44. The first kappa shape index (κ1) is 12.1. The number of hydrogen-bond acceptors (Lipinski definition) is 4. The van der Waals surface area contributed by atoms with E-state index in [1.54, 1.807) is 13.3 Å². The Bertz CT molecular complexity index is 325. The van der Waals surface area contributed by atoms with Crippen LogP contribution < -0.4 is 11.3 Å². The lowest BCUT2D eigenvalue weighted by Gasteiger charge is -2.32. The Labute approximate surface area is 90.8 Å². The van der Waals surface area contributed by atoms with Crippen molar-refractivity contribution in [1.82, 2.24) is 10.4 Å². The smallest absolute Gasteiger partial charge is 0.0830 e. The van der Waals surface area contributed by atoms with E-state index in [-0.39, 0.29) is 11.6 Å². The number of nitrogens with zero attached hydrogens (tertiary/aromatic N) is 1. The highest BCUT2D eigenvalue weighted by molar-refractivity contribution is 5.22. The van der Waals surface area contributed by atoms with Gasteiger partial charge in [-0.3, -0.25) is 16.3 Å². The summed E-state index contributed by atoms with van der Waals surface area (Å²) in [6.45, 7) is 5.98. The van der Waals surface area contributed by atoms with E-state index in [0.29, 0.717) is 0 Å². The summed E-state index contributed by atoms with van der Waals surface area (Å²) in [5.74, 6) is 5.56. The van der Waals surface area contributed by atoms with Gasteiger partial charge in [-0.1, -0.05) is 6.07 Å². The second-order valence-electron chi connectivity index (χ2n) is 4.20. The van der Waals surface area contributed by atoms with Gasteiger partial charge in [0.25, 0.3) is 0 Å². The van der Waals surface area contributed by atoms with Gasteiger partial charge in [0, 0.05) is 19.5 Å². The van der Waals surface area contributed by atoms with Gasteiger partial charge in [-0.15, -0.1) is 0 Å². The third-order valence-electron chi connectivity index (χ3n) is 2.62. The minimum Gasteiger partial charge on any atom is -0.377 e. The van der Waals surface area contributed by atoms with Gasteiger partial charge in [-0.2, -0.15) is 0 Å². The minimum absolute atomic E-state index is 0.0742. The fraction of sp³-hybridized carbons (Fsp3) is 0.545. The lowest BCUT2D eigenvalue weighted by molar-refractivity contribution is -0.0112. The van der Waals surface area contributed by atoms with Crippen LogP contribution >= 0.6 is 0 Å². The number of aryl methyl sites for hydroxylation is 1. The van der Waals surface area contributed by atoms with Crippen LogP contribution in [0.2, 0.25) is 0 Å². The molecule has 0 amide bonds. The first-order valence-electron chi connectivity index (χ1n) is 4.94. The van der Waals surface area contributed by atoms with Crippen molar-refractivity contribution in [2.75, 3.05) is 7.11 Å². The highest BCUT2D eigenvalue weighted by Crippen LogP contribution is 2.27. The van der Waals surface area contributed by atoms with Crippen molar-refractivity contribution in [3.63, 3.8) is 0 Å². The average molecular weight is 209 g/mol. The van der Waals surface area contributed by atoms with Gasteiger partial charge < -0.3 is 4.74 Å². The molecule has 0 aromatic carbocycles. The highest BCUT2D eigenvalue weighted by Gasteiger charge is 2.30. The molecule has 0 saturated heterocycles. The molecule has 0 fully saturated rings. The molecule has 4 nitrogen and oxygen atoms in total. The Morgan fingerprint density at radius 1 is 1.47 bits per heavy atom. The van der Waals surface area contributed by atoms with Gasteiger partial charge >= 0.3 is 0 Å². The van der Waals surface area contributed by atoms with E-state index in [0.717, 1.165) is 11.1 Å². The zero-order valence-corrected chi connectivity index (χ0v) is 9.74. The fourth-order valence-electron chi connectivity index (χ4n) is 1.55. The van der Waals surface area contributed by atoms with Crippen LogP contribution in [0.3, 0.4) is 0 Å². The standard InChI is InChI=1S/C11H19N3O/c1-8-5-9(7-13-6-8)10(14-12)11(2,3)15-4/h5-7,10,14H,12H2,1-4H3. The molecule has 1 aromatic rings. The lowest BCUT2D eigenvalue weighted by atomic mass is 9.92. The normalized spacial score (nSPS) is 13.9. The molecule has 0 aliphatic heterocycles. The van der Waals surface area contributed by atoms with Crippen LogP contribution in [0, 0.1) is 6.92 Å². The van der Waals surface area contributed by atoms with Crippen LogP contribution in [0.15, 0.2) is 18.5 Å². The largest absolute Gasteiger partial charge is 0.377 e. The maximum absolute atomic E-state index is 5.56. The summed E-state index contributed by atoms with van der Waals surface area (Å²) in [5.41, 5.74) is 4.54. The number of ether oxygens (including phenoxy) is 1. The molecule has 0 saturated carbocycles. The van der Waals surface area contributed by atoms with Crippen LogP contribution in [0.1, 0.15) is 31.0 Å². The van der Waals surface area contributed by atoms with Crippen molar-refractivity contribution in [3.8, 4) is 0 Å². The maximum atomic E-state index is 5.56. The molecule has 1 unspecified atom stereocenters. The van der Waals surface area contributed by atoms with E-state index in [1.807, 2.05) is 27.0 Å². The maximum Gasteiger partial charge on any atom is 0.0830 e. The predicted octanol–water partition coefficient (Wildman–Crippen LogP) is 1.32. The molecule has 1 atom stereocenters. The molecule has 0 spiro atoms. The minimum atomic E-state index is -0.371. The Morgan fingerprint density at radius 3 is 2.60 bits per heavy atom. The number of rotatable bonds is 4. The summed E-state index contributed by atoms with van der Waals surface area (Å²) >= 11 is 0. The van der Waals surface area contributed by atoms with Gasteiger partial charge in [0.1, 0.15) is 0 Å². The number of nitrogens with one attached hydrogen (secondary N) is 1. The van der Waals surface area contributed by atoms with E-state index < -0.39 is 0 Å². The van der Waals surface area contributed by atoms with Crippen molar-refractivity contribution in [1.29, 1.82) is 0 Å². The number of nitrogens with two attached hydrogens (primary N) is 1. The van der Waals surface area contributed by atoms with Gasteiger partial charge in [-0.25, -0.2) is 0 Å². The van der Waals surface area contributed by atoms with E-state index in [4.69, 9.17) is 10.6 Å². The number of aromatic nitrogens is 1. The SMILES string of the molecule is COC(C)(C)C(NN)c1cncc(C)c1. The Morgan fingerprint density at radius 2 is 2.13 bits per heavy atom. The Balaban J connectivity index is 3.02. The van der Waals surface area contributed by atoms with Crippen LogP contribution in [0.4, 0.5) is 0 Å². The molecule has 4 heteroatoms. The third-order valence-corrected chi connectivity index (χ3v) is 2.62. The number of hydrazine groups is 1. The molecule has 84 valence electrons. The van der Waals surface area contributed by atoms with Crippen LogP contribution in [-0.4, -0.2) is 17.7 Å². The van der Waals surface area contributed by atoms with Crippen molar-refractivity contribution >= 4 is 0 Å². The van der Waals surface area contributed by atoms with Gasteiger partial charge in [-0.05, 0) is 31.9 Å². The summed E-state index contributed by atoms with van der Waals surface area (Å²) < 4.78 is 5.41. The molecule has 0 aliphatic carbocycles. The van der Waals surface area contributed by atoms with Crippen LogP contribution in [0.25, 0.3) is 0 Å². The Hall–Kier alpha value is -0.970. The second kappa shape index (κ2) is 4.70. The third kappa shape index (κ3) is 2.75. The number of hydrogen-bond donors (Lipinski definition) is 2. The predicted molar refractivity (Wildman–Crippen MR) is 60.1 cm³/mol. The van der Waals surface area contributed by atoms with Gasteiger partial charge in [0.2, 0.25) is 0 Å². The van der Waals surface area contributed by atoms with E-state index >= 15 is 0 Å². The topological polar surface area (TPSA) is 60.2 Å². The highest BCUT2D eigenvalue weighted by atomic mass is 16.5. The molecule has 0 aliphatic rings. The summed E-state index contributed by atoms with van der Waals surface area (Å²) in [5, 5.41) is 0. The van der Waals surface area contributed by atoms with Crippen molar-refractivity contribution < 1.29 is 4.74 Å². The molecule has 0 radical (unpaired) electrons. The number of pyridine rings is 1. The number of methoxy groups -OCH3 is 1. The van der Waals surface area contributed by atoms with E-state index in [9.17, 15) is 0 Å². The summed E-state index contributed by atoms with van der Waals surface area (Å²) in [6, 6.07) is 1.98. The summed E-state index contributed by atoms with van der Waals surface area (Å²) in [7, 11) is 1.67. The van der Waals surface area contributed by atoms with Crippen LogP contribution in [-0.2, 0) is 4.74 Å². The van der Waals surface area contributed by atoms with Crippen molar-refractivity contribution in [3.05, 3.63) is 29.6 Å². The zero-order chi connectivity index (χ0) is 11.5. The molecular formula is C11H19N3O. The van der Waals surface area contributed by atoms with Gasteiger partial charge in [0.05, 0.1) is 11.6 Å². The zero-order valence-electron chi connectivity index (χ0n) is 9.74. The molecule has 1 aromatic heterocycles. The molecule has 0 bridgehead atoms. The van der Waals surface area contributed by atoms with Crippen molar-refractivity contribution in [2.24, 2.45) is 5.84 Å². The molecule has 1 heterocycles. The van der Waals surface area contributed by atoms with Gasteiger partial charge in [0.15, 0.2) is 0 Å². The fourth-order valence-corrected chi connectivity index (χ4v) is 1.55.